The Morgan fingerprint density at radius 3 is 2.67 bits per heavy atom. The van der Waals surface area contributed by atoms with Gasteiger partial charge in [0, 0.05) is 37.0 Å². The molecule has 1 aliphatic carbocycles. The smallest absolute Gasteiger partial charge is 0.193 e. The summed E-state index contributed by atoms with van der Waals surface area (Å²) >= 11 is 1.83. The normalized spacial score (nSPS) is 20.5. The van der Waals surface area contributed by atoms with Gasteiger partial charge in [-0.3, -0.25) is 4.99 Å². The molecular formula is C21H36IN3OS. The molecular weight excluding hydrogens is 469 g/mol. The first kappa shape index (κ1) is 22.9. The average Bonchev–Trinajstić information content (AvgIpc) is 3.37. The van der Waals surface area contributed by atoms with Crippen LogP contribution in [0.15, 0.2) is 22.5 Å². The van der Waals surface area contributed by atoms with Gasteiger partial charge in [0.1, 0.15) is 0 Å². The molecule has 4 nitrogen and oxygen atoms in total. The van der Waals surface area contributed by atoms with Gasteiger partial charge in [0.25, 0.3) is 0 Å². The number of hydrogen-bond acceptors (Lipinski definition) is 3. The van der Waals surface area contributed by atoms with E-state index in [-0.39, 0.29) is 24.0 Å². The highest BCUT2D eigenvalue weighted by Gasteiger charge is 2.24. The summed E-state index contributed by atoms with van der Waals surface area (Å²) in [6.45, 7) is 9.27. The van der Waals surface area contributed by atoms with Crippen LogP contribution in [0.1, 0.15) is 63.2 Å². The minimum Gasteiger partial charge on any atom is -0.378 e. The summed E-state index contributed by atoms with van der Waals surface area (Å²) < 4.78 is 6.22. The van der Waals surface area contributed by atoms with Gasteiger partial charge in [-0.05, 0) is 50.0 Å². The number of aliphatic imine (C=N–C) groups is 1. The number of likely N-dealkylation sites (tertiary alicyclic amines) is 1. The third-order valence-electron chi connectivity index (χ3n) is 5.66. The second-order valence-corrected chi connectivity index (χ2v) is 8.76. The van der Waals surface area contributed by atoms with Gasteiger partial charge in [0.15, 0.2) is 5.96 Å². The van der Waals surface area contributed by atoms with E-state index in [1.54, 1.807) is 0 Å². The highest BCUT2D eigenvalue weighted by atomic mass is 127. The fourth-order valence-electron chi connectivity index (χ4n) is 3.99. The quantitative estimate of drug-likeness (QED) is 0.318. The standard InChI is InChI=1S/C21H35N3OS.HI/c1-3-22-21(23-15-17(2)20-9-6-14-26-20)24-12-10-19(11-13-24)25-16-18-7-4-5-8-18;/h6,9,14,17-19H,3-5,7-8,10-13,15-16H2,1-2H3,(H,22,23);1H. The topological polar surface area (TPSA) is 36.9 Å². The second kappa shape index (κ2) is 12.3. The molecule has 1 saturated heterocycles. The molecule has 0 aromatic carbocycles. The van der Waals surface area contributed by atoms with Crippen molar-refractivity contribution in [3.05, 3.63) is 22.4 Å². The van der Waals surface area contributed by atoms with Gasteiger partial charge in [0.05, 0.1) is 12.6 Å². The third kappa shape index (κ3) is 7.20. The van der Waals surface area contributed by atoms with E-state index in [2.05, 4.69) is 41.6 Å². The van der Waals surface area contributed by atoms with Crippen molar-refractivity contribution in [3.8, 4) is 0 Å². The first-order valence-electron chi connectivity index (χ1n) is 10.4. The highest BCUT2D eigenvalue weighted by molar-refractivity contribution is 14.0. The molecule has 1 saturated carbocycles. The predicted octanol–water partition coefficient (Wildman–Crippen LogP) is 5.11. The van der Waals surface area contributed by atoms with Gasteiger partial charge in [0.2, 0.25) is 0 Å². The molecule has 1 unspecified atom stereocenters. The molecule has 0 bridgehead atoms. The Hall–Kier alpha value is -0.340. The van der Waals surface area contributed by atoms with Crippen LogP contribution >= 0.6 is 35.3 Å². The minimum absolute atomic E-state index is 0. The zero-order valence-corrected chi connectivity index (χ0v) is 20.0. The van der Waals surface area contributed by atoms with Gasteiger partial charge in [-0.15, -0.1) is 35.3 Å². The number of guanidine groups is 1. The molecule has 2 aliphatic rings. The maximum absolute atomic E-state index is 6.22. The number of thiophene rings is 1. The fraction of sp³-hybridized carbons (Fsp3) is 0.762. The molecule has 1 aromatic heterocycles. The van der Waals surface area contributed by atoms with Crippen LogP contribution < -0.4 is 5.32 Å². The summed E-state index contributed by atoms with van der Waals surface area (Å²) in [6, 6.07) is 4.34. The Bertz CT molecular complexity index is 538. The minimum atomic E-state index is 0. The number of nitrogens with one attached hydrogen (secondary N) is 1. The van der Waals surface area contributed by atoms with E-state index in [0.717, 1.165) is 57.5 Å². The summed E-state index contributed by atoms with van der Waals surface area (Å²) in [5, 5.41) is 5.63. The van der Waals surface area contributed by atoms with Crippen LogP contribution in [-0.4, -0.2) is 49.7 Å². The van der Waals surface area contributed by atoms with Crippen molar-refractivity contribution >= 4 is 41.3 Å². The first-order valence-corrected chi connectivity index (χ1v) is 11.3. The SMILES string of the molecule is CCNC(=NCC(C)c1cccs1)N1CCC(OCC2CCCC2)CC1.I. The Morgan fingerprint density at radius 2 is 2.04 bits per heavy atom. The molecule has 1 N–H and O–H groups in total. The molecule has 6 heteroatoms. The van der Waals surface area contributed by atoms with Gasteiger partial charge < -0.3 is 15.0 Å². The van der Waals surface area contributed by atoms with Crippen molar-refractivity contribution in [1.82, 2.24) is 10.2 Å². The number of halogens is 1. The summed E-state index contributed by atoms with van der Waals surface area (Å²) in [7, 11) is 0. The van der Waals surface area contributed by atoms with Crippen molar-refractivity contribution in [2.45, 2.75) is 64.4 Å². The van der Waals surface area contributed by atoms with Crippen LogP contribution in [0.2, 0.25) is 0 Å². The summed E-state index contributed by atoms with van der Waals surface area (Å²) in [5.74, 6) is 2.38. The van der Waals surface area contributed by atoms with E-state index in [9.17, 15) is 0 Å². The maximum Gasteiger partial charge on any atom is 0.193 e. The summed E-state index contributed by atoms with van der Waals surface area (Å²) in [4.78, 5) is 8.76. The molecule has 1 atom stereocenters. The van der Waals surface area contributed by atoms with E-state index in [0.29, 0.717) is 12.0 Å². The maximum atomic E-state index is 6.22. The van der Waals surface area contributed by atoms with E-state index in [1.807, 2.05) is 11.3 Å². The molecule has 0 amide bonds. The van der Waals surface area contributed by atoms with Crippen LogP contribution in [0, 0.1) is 5.92 Å². The predicted molar refractivity (Wildman–Crippen MR) is 127 cm³/mol. The average molecular weight is 506 g/mol. The lowest BCUT2D eigenvalue weighted by Crippen LogP contribution is -2.47. The number of rotatable bonds is 7. The van der Waals surface area contributed by atoms with Crippen molar-refractivity contribution in [2.24, 2.45) is 10.9 Å². The second-order valence-electron chi connectivity index (χ2n) is 7.78. The Kier molecular flexibility index (Phi) is 10.4. The van der Waals surface area contributed by atoms with Crippen molar-refractivity contribution in [3.63, 3.8) is 0 Å². The molecule has 2 heterocycles. The van der Waals surface area contributed by atoms with Crippen molar-refractivity contribution < 1.29 is 4.74 Å². The molecule has 1 aromatic rings. The van der Waals surface area contributed by atoms with Gasteiger partial charge in [-0.2, -0.15) is 0 Å². The molecule has 154 valence electrons. The molecule has 0 radical (unpaired) electrons. The summed E-state index contributed by atoms with van der Waals surface area (Å²) in [6.07, 6.45) is 8.24. The van der Waals surface area contributed by atoms with E-state index < -0.39 is 0 Å². The van der Waals surface area contributed by atoms with Gasteiger partial charge in [-0.1, -0.05) is 25.8 Å². The molecule has 0 spiro atoms. The lowest BCUT2D eigenvalue weighted by atomic mass is 10.1. The van der Waals surface area contributed by atoms with Crippen LogP contribution in [-0.2, 0) is 4.74 Å². The van der Waals surface area contributed by atoms with Crippen LogP contribution in [0.4, 0.5) is 0 Å². The highest BCUT2D eigenvalue weighted by Crippen LogP contribution is 2.26. The van der Waals surface area contributed by atoms with Crippen LogP contribution in [0.3, 0.4) is 0 Å². The Balaban J connectivity index is 0.00000261. The zero-order chi connectivity index (χ0) is 18.2. The van der Waals surface area contributed by atoms with Crippen LogP contribution in [0.5, 0.6) is 0 Å². The summed E-state index contributed by atoms with van der Waals surface area (Å²) in [5.41, 5.74) is 0. The zero-order valence-electron chi connectivity index (χ0n) is 16.9. The fourth-order valence-corrected chi connectivity index (χ4v) is 4.77. The molecule has 27 heavy (non-hydrogen) atoms. The van der Waals surface area contributed by atoms with Crippen LogP contribution in [0.25, 0.3) is 0 Å². The number of piperidine rings is 1. The number of hydrogen-bond donors (Lipinski definition) is 1. The third-order valence-corrected chi connectivity index (χ3v) is 6.77. The monoisotopic (exact) mass is 505 g/mol. The van der Waals surface area contributed by atoms with Crippen molar-refractivity contribution in [2.75, 3.05) is 32.8 Å². The number of ether oxygens (including phenoxy) is 1. The van der Waals surface area contributed by atoms with E-state index in [4.69, 9.17) is 9.73 Å². The molecule has 3 rings (SSSR count). The number of nitrogens with zero attached hydrogens (tertiary/aromatic N) is 2. The lowest BCUT2D eigenvalue weighted by molar-refractivity contribution is 0.00101. The molecule has 2 fully saturated rings. The Labute approximate surface area is 186 Å². The molecule has 1 aliphatic heterocycles. The van der Waals surface area contributed by atoms with Gasteiger partial charge >= 0.3 is 0 Å². The lowest BCUT2D eigenvalue weighted by Gasteiger charge is -2.34. The first-order chi connectivity index (χ1) is 12.8. The largest absolute Gasteiger partial charge is 0.378 e. The van der Waals surface area contributed by atoms with Gasteiger partial charge in [-0.25, -0.2) is 0 Å². The Morgan fingerprint density at radius 1 is 1.30 bits per heavy atom. The van der Waals surface area contributed by atoms with E-state index in [1.165, 1.54) is 30.6 Å². The van der Waals surface area contributed by atoms with E-state index >= 15 is 0 Å². The van der Waals surface area contributed by atoms with Crippen molar-refractivity contribution in [1.29, 1.82) is 0 Å².